The number of halogens is 1. The number of fused-ring (bicyclic) bond motifs is 1. The molecule has 12 heteroatoms. The summed E-state index contributed by atoms with van der Waals surface area (Å²) in [7, 11) is -4.27. The smallest absolute Gasteiger partial charge is 0.486 e. The number of hydrogen-bond acceptors (Lipinski definition) is 7. The van der Waals surface area contributed by atoms with Gasteiger partial charge in [0.05, 0.1) is 30.0 Å². The largest absolute Gasteiger partial charge is 0.488 e. The van der Waals surface area contributed by atoms with E-state index in [1.165, 1.54) is 49.5 Å². The molecular weight excluding hydrogens is 526 g/mol. The van der Waals surface area contributed by atoms with Crippen LogP contribution < -0.4 is 19.8 Å². The van der Waals surface area contributed by atoms with Gasteiger partial charge in [-0.2, -0.15) is 0 Å². The van der Waals surface area contributed by atoms with Crippen LogP contribution in [0.2, 0.25) is 0 Å². The fraction of sp³-hybridized carbons (Fsp3) is 0.222. The van der Waals surface area contributed by atoms with Crippen molar-refractivity contribution in [1.29, 1.82) is 0 Å². The van der Waals surface area contributed by atoms with Crippen LogP contribution in [0.15, 0.2) is 65.1 Å². The molecule has 0 spiro atoms. The number of nitrogens with one attached hydrogen (secondary N) is 1. The highest BCUT2D eigenvalue weighted by Gasteiger charge is 2.30. The number of sulfonamides is 1. The SMILES string of the molecule is CNC(=O)c1c(N(Cc2cccc(B(O)O)c2)S(C)(=O)=O)ccc2c(OC(C)C)c(-c3ccc(F)cc3)oc12. The van der Waals surface area contributed by atoms with Crippen LogP contribution in [-0.4, -0.2) is 50.9 Å². The topological polar surface area (TPSA) is 129 Å². The molecule has 1 heterocycles. The summed E-state index contributed by atoms with van der Waals surface area (Å²) in [6.07, 6.45) is 0.740. The van der Waals surface area contributed by atoms with Crippen LogP contribution in [0.3, 0.4) is 0 Å². The van der Waals surface area contributed by atoms with Crippen LogP contribution in [0.5, 0.6) is 5.75 Å². The predicted molar refractivity (Wildman–Crippen MR) is 148 cm³/mol. The van der Waals surface area contributed by atoms with Crippen molar-refractivity contribution in [3.63, 3.8) is 0 Å². The molecule has 4 aromatic rings. The van der Waals surface area contributed by atoms with Gasteiger partial charge in [0.1, 0.15) is 11.4 Å². The van der Waals surface area contributed by atoms with E-state index in [1.807, 2.05) is 13.8 Å². The lowest BCUT2D eigenvalue weighted by atomic mass is 9.79. The Kier molecular flexibility index (Phi) is 8.00. The van der Waals surface area contributed by atoms with E-state index in [-0.39, 0.29) is 40.7 Å². The molecule has 4 rings (SSSR count). The Hall–Kier alpha value is -3.87. The van der Waals surface area contributed by atoms with Gasteiger partial charge in [-0.25, -0.2) is 12.8 Å². The van der Waals surface area contributed by atoms with Gasteiger partial charge in [0, 0.05) is 12.6 Å². The lowest BCUT2D eigenvalue weighted by Gasteiger charge is -2.25. The van der Waals surface area contributed by atoms with Crippen molar-refractivity contribution in [3.05, 3.63) is 77.6 Å². The molecule has 0 saturated carbocycles. The second kappa shape index (κ2) is 11.1. The zero-order valence-corrected chi connectivity index (χ0v) is 22.6. The van der Waals surface area contributed by atoms with E-state index >= 15 is 0 Å². The molecule has 0 atom stereocenters. The van der Waals surface area contributed by atoms with Gasteiger partial charge in [-0.15, -0.1) is 0 Å². The Morgan fingerprint density at radius 1 is 1.13 bits per heavy atom. The first-order chi connectivity index (χ1) is 18.4. The van der Waals surface area contributed by atoms with Crippen molar-refractivity contribution >= 4 is 45.2 Å². The highest BCUT2D eigenvalue weighted by molar-refractivity contribution is 7.92. The molecule has 1 amide bonds. The summed E-state index contributed by atoms with van der Waals surface area (Å²) in [6.45, 7) is 3.45. The van der Waals surface area contributed by atoms with E-state index in [9.17, 15) is 27.7 Å². The Labute approximate surface area is 226 Å². The Balaban J connectivity index is 1.98. The number of ether oxygens (including phenoxy) is 1. The molecule has 39 heavy (non-hydrogen) atoms. The fourth-order valence-corrected chi connectivity index (χ4v) is 5.12. The number of anilines is 1. The molecule has 0 fully saturated rings. The van der Waals surface area contributed by atoms with Crippen LogP contribution >= 0.6 is 0 Å². The number of amides is 1. The average molecular weight is 554 g/mol. The van der Waals surface area contributed by atoms with E-state index in [4.69, 9.17) is 9.15 Å². The van der Waals surface area contributed by atoms with Gasteiger partial charge in [-0.3, -0.25) is 9.10 Å². The Bertz CT molecular complexity index is 1620. The van der Waals surface area contributed by atoms with Crippen LogP contribution in [0.25, 0.3) is 22.3 Å². The van der Waals surface area contributed by atoms with E-state index in [2.05, 4.69) is 5.32 Å². The first kappa shape index (κ1) is 28.2. The molecule has 0 radical (unpaired) electrons. The summed E-state index contributed by atoms with van der Waals surface area (Å²) in [5, 5.41) is 22.1. The Morgan fingerprint density at radius 2 is 1.82 bits per heavy atom. The lowest BCUT2D eigenvalue weighted by Crippen LogP contribution is -2.34. The van der Waals surface area contributed by atoms with Gasteiger partial charge in [-0.1, -0.05) is 24.3 Å². The van der Waals surface area contributed by atoms with Gasteiger partial charge < -0.3 is 24.5 Å². The number of hydrogen-bond donors (Lipinski definition) is 3. The number of carbonyl (C=O) groups excluding carboxylic acids is 1. The molecule has 0 bridgehead atoms. The number of rotatable bonds is 9. The quantitative estimate of drug-likeness (QED) is 0.271. The summed E-state index contributed by atoms with van der Waals surface area (Å²) >= 11 is 0. The summed E-state index contributed by atoms with van der Waals surface area (Å²) in [5.41, 5.74) is 1.26. The number of furan rings is 1. The zero-order chi connectivity index (χ0) is 28.5. The molecule has 3 N–H and O–H groups in total. The molecular formula is C27H28BFN2O7S. The number of benzene rings is 3. The van der Waals surface area contributed by atoms with Crippen molar-refractivity contribution in [3.8, 4) is 17.1 Å². The van der Waals surface area contributed by atoms with Gasteiger partial charge in [0.2, 0.25) is 10.0 Å². The lowest BCUT2D eigenvalue weighted by molar-refractivity contribution is 0.0964. The molecule has 204 valence electrons. The minimum absolute atomic E-state index is 0.0410. The molecule has 0 aliphatic rings. The first-order valence-electron chi connectivity index (χ1n) is 12.1. The van der Waals surface area contributed by atoms with E-state index in [0.29, 0.717) is 22.3 Å². The van der Waals surface area contributed by atoms with Crippen molar-refractivity contribution < 1.29 is 36.8 Å². The average Bonchev–Trinajstić information content (AvgIpc) is 3.23. The van der Waals surface area contributed by atoms with Gasteiger partial charge >= 0.3 is 7.12 Å². The number of carbonyl (C=O) groups is 1. The number of nitrogens with zero attached hydrogens (tertiary/aromatic N) is 1. The minimum Gasteiger partial charge on any atom is -0.486 e. The van der Waals surface area contributed by atoms with Crippen molar-refractivity contribution in [2.75, 3.05) is 17.6 Å². The van der Waals surface area contributed by atoms with Crippen LogP contribution in [-0.2, 0) is 16.6 Å². The molecule has 0 aliphatic carbocycles. The van der Waals surface area contributed by atoms with E-state index in [0.717, 1.165) is 10.6 Å². The van der Waals surface area contributed by atoms with E-state index < -0.39 is 28.9 Å². The zero-order valence-electron chi connectivity index (χ0n) is 21.8. The fourth-order valence-electron chi connectivity index (χ4n) is 4.22. The van der Waals surface area contributed by atoms with Gasteiger partial charge in [0.15, 0.2) is 17.1 Å². The standard InChI is InChI=1S/C27H28BFN2O7S/c1-16(2)37-26-21-12-13-22(31(39(4,35)36)15-17-6-5-7-19(14-17)28(33)34)23(27(32)30-3)25(21)38-24(26)18-8-10-20(29)11-9-18/h5-14,16,33-34H,15H2,1-4H3,(H,30,32). The third-order valence-electron chi connectivity index (χ3n) is 5.95. The Morgan fingerprint density at radius 3 is 2.41 bits per heavy atom. The van der Waals surface area contributed by atoms with Crippen LogP contribution in [0, 0.1) is 5.82 Å². The van der Waals surface area contributed by atoms with Gasteiger partial charge in [-0.05, 0) is 61.3 Å². The van der Waals surface area contributed by atoms with Crippen molar-refractivity contribution in [2.45, 2.75) is 26.5 Å². The van der Waals surface area contributed by atoms with Gasteiger partial charge in [0.25, 0.3) is 5.91 Å². The molecule has 0 unspecified atom stereocenters. The highest BCUT2D eigenvalue weighted by atomic mass is 32.2. The maximum atomic E-state index is 13.6. The maximum Gasteiger partial charge on any atom is 0.488 e. The van der Waals surface area contributed by atoms with Crippen LogP contribution in [0.4, 0.5) is 10.1 Å². The van der Waals surface area contributed by atoms with Crippen LogP contribution in [0.1, 0.15) is 29.8 Å². The normalized spacial score (nSPS) is 11.6. The second-order valence-electron chi connectivity index (χ2n) is 9.24. The molecule has 9 nitrogen and oxygen atoms in total. The molecule has 0 aliphatic heterocycles. The highest BCUT2D eigenvalue weighted by Crippen LogP contribution is 2.44. The summed E-state index contributed by atoms with van der Waals surface area (Å²) in [6, 6.07) is 14.9. The molecule has 3 aromatic carbocycles. The third-order valence-corrected chi connectivity index (χ3v) is 7.08. The third kappa shape index (κ3) is 5.92. The molecule has 0 saturated heterocycles. The second-order valence-corrected chi connectivity index (χ2v) is 11.1. The maximum absolute atomic E-state index is 13.6. The van der Waals surface area contributed by atoms with E-state index in [1.54, 1.807) is 18.2 Å². The summed E-state index contributed by atoms with van der Waals surface area (Å²) < 4.78 is 53.0. The first-order valence-corrected chi connectivity index (χ1v) is 13.9. The van der Waals surface area contributed by atoms with Crippen molar-refractivity contribution in [2.24, 2.45) is 0 Å². The minimum atomic E-state index is -3.95. The summed E-state index contributed by atoms with van der Waals surface area (Å²) in [4.78, 5) is 13.3. The molecule has 1 aromatic heterocycles. The van der Waals surface area contributed by atoms with Crippen molar-refractivity contribution in [1.82, 2.24) is 5.32 Å². The predicted octanol–water partition coefficient (Wildman–Crippen LogP) is 3.03. The summed E-state index contributed by atoms with van der Waals surface area (Å²) in [5.74, 6) is -0.439. The monoisotopic (exact) mass is 554 g/mol.